The zero-order valence-electron chi connectivity index (χ0n) is 15.0. The van der Waals surface area contributed by atoms with Crippen LogP contribution in [0.25, 0.3) is 0 Å². The molecule has 0 unspecified atom stereocenters. The van der Waals surface area contributed by atoms with Gasteiger partial charge in [-0.3, -0.25) is 4.79 Å². The van der Waals surface area contributed by atoms with Gasteiger partial charge in [0.2, 0.25) is 6.79 Å². The second kappa shape index (κ2) is 7.26. The van der Waals surface area contributed by atoms with E-state index in [1.54, 1.807) is 31.2 Å². The van der Waals surface area contributed by atoms with Crippen LogP contribution in [0.1, 0.15) is 35.7 Å². The lowest BCUT2D eigenvalue weighted by Crippen LogP contribution is -2.20. The lowest BCUT2D eigenvalue weighted by molar-refractivity contribution is 0.0954. The molecule has 2 aromatic carbocycles. The third kappa shape index (κ3) is 3.58. The van der Waals surface area contributed by atoms with Gasteiger partial charge in [-0.25, -0.2) is 9.82 Å². The molecular formula is C20H20FN3O3. The smallest absolute Gasteiger partial charge is 0.271 e. The fourth-order valence-electron chi connectivity index (χ4n) is 3.25. The van der Waals surface area contributed by atoms with Crippen LogP contribution in [-0.2, 0) is 0 Å². The molecule has 4 rings (SSSR count). The summed E-state index contributed by atoms with van der Waals surface area (Å²) < 4.78 is 24.9. The minimum absolute atomic E-state index is 0.149. The van der Waals surface area contributed by atoms with Gasteiger partial charge in [0.15, 0.2) is 11.5 Å². The first-order valence-corrected chi connectivity index (χ1v) is 8.91. The van der Waals surface area contributed by atoms with Crippen LogP contribution < -0.4 is 19.8 Å². The van der Waals surface area contributed by atoms with Gasteiger partial charge in [0, 0.05) is 24.2 Å². The fraction of sp³-hybridized carbons (Fsp3) is 0.300. The lowest BCUT2D eigenvalue weighted by atomic mass is 10.1. The zero-order chi connectivity index (χ0) is 18.8. The van der Waals surface area contributed by atoms with Gasteiger partial charge in [0.1, 0.15) is 5.82 Å². The average Bonchev–Trinajstić information content (AvgIpc) is 3.36. The molecule has 1 fully saturated rings. The predicted molar refractivity (Wildman–Crippen MR) is 100 cm³/mol. The van der Waals surface area contributed by atoms with Crippen molar-refractivity contribution in [1.82, 2.24) is 5.43 Å². The Kier molecular flexibility index (Phi) is 4.66. The quantitative estimate of drug-likeness (QED) is 0.663. The second-order valence-corrected chi connectivity index (χ2v) is 6.57. The maximum absolute atomic E-state index is 14.4. The number of amides is 1. The number of hydrazone groups is 1. The van der Waals surface area contributed by atoms with Crippen molar-refractivity contribution in [3.63, 3.8) is 0 Å². The molecule has 7 heteroatoms. The fourth-order valence-corrected chi connectivity index (χ4v) is 3.25. The van der Waals surface area contributed by atoms with Crippen molar-refractivity contribution < 1.29 is 18.7 Å². The molecule has 140 valence electrons. The number of benzene rings is 2. The second-order valence-electron chi connectivity index (χ2n) is 6.57. The monoisotopic (exact) mass is 369 g/mol. The number of ether oxygens (including phenoxy) is 2. The molecule has 0 spiro atoms. The van der Waals surface area contributed by atoms with Crippen molar-refractivity contribution in [2.24, 2.45) is 5.10 Å². The Morgan fingerprint density at radius 2 is 1.81 bits per heavy atom. The third-order valence-corrected chi connectivity index (χ3v) is 4.77. The zero-order valence-corrected chi connectivity index (χ0v) is 15.0. The highest BCUT2D eigenvalue weighted by molar-refractivity contribution is 6.01. The highest BCUT2D eigenvalue weighted by Crippen LogP contribution is 2.32. The number of halogens is 1. The van der Waals surface area contributed by atoms with Crippen molar-refractivity contribution in [2.45, 2.75) is 19.8 Å². The third-order valence-electron chi connectivity index (χ3n) is 4.77. The maximum Gasteiger partial charge on any atom is 0.271 e. The molecule has 0 saturated carbocycles. The standard InChI is InChI=1S/C20H20FN3O3/c1-13(14-4-6-17(16(21)10-14)24-8-2-3-9-24)22-23-20(25)15-5-7-18-19(11-15)27-12-26-18/h4-7,10-11H,2-3,8-9,12H2,1H3,(H,23,25)/b22-13-. The topological polar surface area (TPSA) is 63.2 Å². The van der Waals surface area contributed by atoms with E-state index in [9.17, 15) is 9.18 Å². The summed E-state index contributed by atoms with van der Waals surface area (Å²) in [6.45, 7) is 3.64. The predicted octanol–water partition coefficient (Wildman–Crippen LogP) is 3.31. The number of hydrogen-bond donors (Lipinski definition) is 1. The minimum atomic E-state index is -0.373. The highest BCUT2D eigenvalue weighted by Gasteiger charge is 2.18. The molecule has 1 amide bonds. The molecule has 2 heterocycles. The van der Waals surface area contributed by atoms with Gasteiger partial charge in [-0.2, -0.15) is 5.10 Å². The summed E-state index contributed by atoms with van der Waals surface area (Å²) in [6, 6.07) is 9.97. The molecule has 27 heavy (non-hydrogen) atoms. The Bertz CT molecular complexity index is 907. The van der Waals surface area contributed by atoms with Crippen LogP contribution in [0.3, 0.4) is 0 Å². The molecule has 0 bridgehead atoms. The van der Waals surface area contributed by atoms with E-state index in [1.807, 2.05) is 11.0 Å². The summed E-state index contributed by atoms with van der Waals surface area (Å²) >= 11 is 0. The van der Waals surface area contributed by atoms with E-state index in [0.29, 0.717) is 34.0 Å². The van der Waals surface area contributed by atoms with Gasteiger partial charge >= 0.3 is 0 Å². The van der Waals surface area contributed by atoms with Crippen LogP contribution >= 0.6 is 0 Å². The number of nitrogens with zero attached hydrogens (tertiary/aromatic N) is 2. The number of rotatable bonds is 4. The Hall–Kier alpha value is -3.09. The summed E-state index contributed by atoms with van der Waals surface area (Å²) in [5.74, 6) is 0.496. The molecule has 6 nitrogen and oxygen atoms in total. The van der Waals surface area contributed by atoms with Crippen molar-refractivity contribution in [3.05, 3.63) is 53.3 Å². The molecule has 1 saturated heterocycles. The Morgan fingerprint density at radius 1 is 1.07 bits per heavy atom. The molecular weight excluding hydrogens is 349 g/mol. The Labute approximate surface area is 156 Å². The van der Waals surface area contributed by atoms with Crippen LogP contribution in [0, 0.1) is 5.82 Å². The van der Waals surface area contributed by atoms with Crippen molar-refractivity contribution >= 4 is 17.3 Å². The van der Waals surface area contributed by atoms with Crippen molar-refractivity contribution in [1.29, 1.82) is 0 Å². The van der Waals surface area contributed by atoms with Crippen LogP contribution in [-0.4, -0.2) is 31.5 Å². The summed E-state index contributed by atoms with van der Waals surface area (Å²) in [5, 5.41) is 4.10. The van der Waals surface area contributed by atoms with E-state index >= 15 is 0 Å². The number of carbonyl (C=O) groups excluding carboxylic acids is 1. The highest BCUT2D eigenvalue weighted by atomic mass is 19.1. The Morgan fingerprint density at radius 3 is 2.59 bits per heavy atom. The van der Waals surface area contributed by atoms with Crippen molar-refractivity contribution in [3.8, 4) is 11.5 Å². The number of carbonyl (C=O) groups is 1. The van der Waals surface area contributed by atoms with Crippen molar-refractivity contribution in [2.75, 3.05) is 24.8 Å². The van der Waals surface area contributed by atoms with E-state index in [0.717, 1.165) is 25.9 Å². The first kappa shape index (κ1) is 17.3. The maximum atomic E-state index is 14.4. The van der Waals surface area contributed by atoms with Crippen LogP contribution in [0.5, 0.6) is 11.5 Å². The lowest BCUT2D eigenvalue weighted by Gasteiger charge is -2.18. The normalized spacial score (nSPS) is 15.9. The van der Waals surface area contributed by atoms with E-state index in [1.165, 1.54) is 6.07 Å². The molecule has 1 N–H and O–H groups in total. The van der Waals surface area contributed by atoms with Gasteiger partial charge in [-0.1, -0.05) is 6.07 Å². The number of nitrogens with one attached hydrogen (secondary N) is 1. The largest absolute Gasteiger partial charge is 0.454 e. The molecule has 2 aliphatic heterocycles. The van der Waals surface area contributed by atoms with Gasteiger partial charge in [0.05, 0.1) is 11.4 Å². The first-order valence-electron chi connectivity index (χ1n) is 8.91. The summed E-state index contributed by atoms with van der Waals surface area (Å²) in [5.41, 5.74) is 4.68. The first-order chi connectivity index (χ1) is 13.1. The van der Waals surface area contributed by atoms with E-state index in [-0.39, 0.29) is 18.5 Å². The summed E-state index contributed by atoms with van der Waals surface area (Å²) in [4.78, 5) is 14.3. The Balaban J connectivity index is 1.45. The number of fused-ring (bicyclic) bond motifs is 1. The molecule has 0 radical (unpaired) electrons. The SMILES string of the molecule is C/C(=N/NC(=O)c1ccc2c(c1)OCO2)c1ccc(N2CCCC2)c(F)c1. The molecule has 2 aromatic rings. The summed E-state index contributed by atoms with van der Waals surface area (Å²) in [6.07, 6.45) is 2.18. The molecule has 0 atom stereocenters. The molecule has 0 aliphatic carbocycles. The van der Waals surface area contributed by atoms with Gasteiger partial charge in [0.25, 0.3) is 5.91 Å². The number of anilines is 1. The van der Waals surface area contributed by atoms with Crippen LogP contribution in [0.15, 0.2) is 41.5 Å². The minimum Gasteiger partial charge on any atom is -0.454 e. The van der Waals surface area contributed by atoms with Gasteiger partial charge in [-0.05, 0) is 50.1 Å². The molecule has 0 aromatic heterocycles. The van der Waals surface area contributed by atoms with E-state index in [2.05, 4.69) is 10.5 Å². The van der Waals surface area contributed by atoms with Crippen LogP contribution in [0.4, 0.5) is 10.1 Å². The van der Waals surface area contributed by atoms with E-state index in [4.69, 9.17) is 9.47 Å². The van der Waals surface area contributed by atoms with Gasteiger partial charge < -0.3 is 14.4 Å². The van der Waals surface area contributed by atoms with Gasteiger partial charge in [-0.15, -0.1) is 0 Å². The van der Waals surface area contributed by atoms with E-state index < -0.39 is 0 Å². The number of hydrogen-bond acceptors (Lipinski definition) is 5. The summed E-state index contributed by atoms with van der Waals surface area (Å²) in [7, 11) is 0. The molecule has 2 aliphatic rings. The van der Waals surface area contributed by atoms with Crippen LogP contribution in [0.2, 0.25) is 0 Å². The average molecular weight is 369 g/mol.